The Morgan fingerprint density at radius 3 is 2.23 bits per heavy atom. The van der Waals surface area contributed by atoms with Crippen LogP contribution < -0.4 is 15.4 Å². The summed E-state index contributed by atoms with van der Waals surface area (Å²) < 4.78 is 6.24. The van der Waals surface area contributed by atoms with Crippen molar-refractivity contribution in [1.29, 1.82) is 0 Å². The number of para-hydroxylation sites is 1. The van der Waals surface area contributed by atoms with E-state index in [4.69, 9.17) is 16.3 Å². The van der Waals surface area contributed by atoms with E-state index in [1.807, 2.05) is 109 Å². The number of aliphatic carboxylic acids is 1. The number of amides is 1. The van der Waals surface area contributed by atoms with Crippen LogP contribution in [0.1, 0.15) is 15.9 Å². The number of anilines is 2. The molecular formula is C35H29ClN2O4S. The zero-order valence-corrected chi connectivity index (χ0v) is 24.9. The van der Waals surface area contributed by atoms with E-state index >= 15 is 0 Å². The maximum absolute atomic E-state index is 13.5. The van der Waals surface area contributed by atoms with E-state index in [9.17, 15) is 14.7 Å². The molecule has 0 aliphatic heterocycles. The van der Waals surface area contributed by atoms with Crippen LogP contribution in [0.4, 0.5) is 11.4 Å². The normalized spacial score (nSPS) is 11.4. The molecule has 5 aromatic rings. The number of carboxylic acid groups (broad SMARTS) is 1. The number of thioether (sulfide) groups is 1. The van der Waals surface area contributed by atoms with Crippen LogP contribution in [-0.2, 0) is 11.2 Å². The Morgan fingerprint density at radius 1 is 0.860 bits per heavy atom. The summed E-state index contributed by atoms with van der Waals surface area (Å²) in [4.78, 5) is 26.9. The minimum atomic E-state index is -1.20. The highest BCUT2D eigenvalue weighted by molar-refractivity contribution is 7.98. The fraction of sp³-hybridized carbons (Fsp3) is 0.0857. The molecule has 1 unspecified atom stereocenters. The van der Waals surface area contributed by atoms with Gasteiger partial charge in [-0.3, -0.25) is 4.79 Å². The minimum Gasteiger partial charge on any atom is -0.480 e. The zero-order valence-electron chi connectivity index (χ0n) is 23.3. The fourth-order valence-electron chi connectivity index (χ4n) is 4.56. The third-order valence-corrected chi connectivity index (χ3v) is 7.72. The Hall–Kier alpha value is -4.72. The van der Waals surface area contributed by atoms with Crippen molar-refractivity contribution in [1.82, 2.24) is 5.32 Å². The predicted octanol–water partition coefficient (Wildman–Crippen LogP) is 8.69. The van der Waals surface area contributed by atoms with Crippen LogP contribution in [0.15, 0.2) is 126 Å². The molecule has 43 heavy (non-hydrogen) atoms. The average Bonchev–Trinajstić information content (AvgIpc) is 3.03. The van der Waals surface area contributed by atoms with Gasteiger partial charge in [0.1, 0.15) is 17.5 Å². The first kappa shape index (κ1) is 29.8. The first-order valence-corrected chi connectivity index (χ1v) is 15.2. The molecule has 1 amide bonds. The number of carboxylic acids is 1. The largest absolute Gasteiger partial charge is 0.480 e. The van der Waals surface area contributed by atoms with Gasteiger partial charge in [-0.15, -0.1) is 11.8 Å². The van der Waals surface area contributed by atoms with Gasteiger partial charge < -0.3 is 20.5 Å². The lowest BCUT2D eigenvalue weighted by molar-refractivity contribution is -0.139. The average molecular weight is 609 g/mol. The molecule has 0 saturated carbocycles. The molecule has 5 rings (SSSR count). The summed E-state index contributed by atoms with van der Waals surface area (Å²) in [5.74, 6) is -0.474. The van der Waals surface area contributed by atoms with E-state index < -0.39 is 17.9 Å². The van der Waals surface area contributed by atoms with Gasteiger partial charge in [-0.1, -0.05) is 72.3 Å². The van der Waals surface area contributed by atoms with Crippen molar-refractivity contribution in [2.24, 2.45) is 0 Å². The monoisotopic (exact) mass is 608 g/mol. The van der Waals surface area contributed by atoms with Crippen molar-refractivity contribution >= 4 is 46.6 Å². The van der Waals surface area contributed by atoms with E-state index in [1.54, 1.807) is 23.9 Å². The molecule has 1 atom stereocenters. The van der Waals surface area contributed by atoms with Gasteiger partial charge in [0.2, 0.25) is 0 Å². The van der Waals surface area contributed by atoms with Gasteiger partial charge in [-0.05, 0) is 78.0 Å². The smallest absolute Gasteiger partial charge is 0.326 e. The lowest BCUT2D eigenvalue weighted by atomic mass is 9.99. The summed E-state index contributed by atoms with van der Waals surface area (Å²) in [7, 11) is 0. The molecule has 0 aromatic heterocycles. The summed E-state index contributed by atoms with van der Waals surface area (Å²) in [6.07, 6.45) is 2.04. The van der Waals surface area contributed by atoms with E-state index in [0.717, 1.165) is 21.7 Å². The van der Waals surface area contributed by atoms with Crippen molar-refractivity contribution in [3.63, 3.8) is 0 Å². The number of ether oxygens (including phenoxy) is 1. The standard InChI is InChI=1S/C35H29ClN2O4S/c1-43-28-16-14-26(15-17-28)37-31-19-13-25(36)22-30(31)34(39)38-32(35(40)41)20-23-12-18-29(24-8-4-2-5-9-24)33(21-23)42-27-10-6-3-7-11-27/h2-19,21-22,32,37H,20H2,1H3,(H,38,39)(H,40,41). The second kappa shape index (κ2) is 14.0. The van der Waals surface area contributed by atoms with Gasteiger partial charge in [-0.25, -0.2) is 4.79 Å². The lowest BCUT2D eigenvalue weighted by Crippen LogP contribution is -2.42. The third-order valence-electron chi connectivity index (χ3n) is 6.74. The van der Waals surface area contributed by atoms with Gasteiger partial charge >= 0.3 is 5.97 Å². The van der Waals surface area contributed by atoms with Crippen molar-refractivity contribution < 1.29 is 19.4 Å². The molecule has 3 N–H and O–H groups in total. The van der Waals surface area contributed by atoms with E-state index in [1.165, 1.54) is 6.07 Å². The predicted molar refractivity (Wildman–Crippen MR) is 174 cm³/mol. The number of halogens is 1. The number of hydrogen-bond acceptors (Lipinski definition) is 5. The van der Waals surface area contributed by atoms with E-state index in [0.29, 0.717) is 27.8 Å². The molecule has 0 fully saturated rings. The summed E-state index contributed by atoms with van der Waals surface area (Å²) in [6.45, 7) is 0. The second-order valence-electron chi connectivity index (χ2n) is 9.72. The van der Waals surface area contributed by atoms with Crippen LogP contribution >= 0.6 is 23.4 Å². The number of carbonyl (C=O) groups excluding carboxylic acids is 1. The van der Waals surface area contributed by atoms with E-state index in [2.05, 4.69) is 10.6 Å². The fourth-order valence-corrected chi connectivity index (χ4v) is 5.15. The summed E-state index contributed by atoms with van der Waals surface area (Å²) in [5, 5.41) is 16.4. The van der Waals surface area contributed by atoms with E-state index in [-0.39, 0.29) is 12.0 Å². The Bertz CT molecular complexity index is 1710. The van der Waals surface area contributed by atoms with Gasteiger partial charge in [0.05, 0.1) is 11.3 Å². The molecule has 8 heteroatoms. The van der Waals surface area contributed by atoms with Crippen LogP contribution in [-0.4, -0.2) is 29.3 Å². The highest BCUT2D eigenvalue weighted by Gasteiger charge is 2.24. The number of carbonyl (C=O) groups is 2. The Morgan fingerprint density at radius 2 is 1.56 bits per heavy atom. The number of benzene rings is 5. The first-order valence-electron chi connectivity index (χ1n) is 13.5. The lowest BCUT2D eigenvalue weighted by Gasteiger charge is -2.19. The molecule has 0 heterocycles. The van der Waals surface area contributed by atoms with Crippen molar-refractivity contribution in [3.05, 3.63) is 137 Å². The van der Waals surface area contributed by atoms with Crippen molar-refractivity contribution in [2.45, 2.75) is 17.4 Å². The first-order chi connectivity index (χ1) is 20.9. The van der Waals surface area contributed by atoms with Crippen molar-refractivity contribution in [2.75, 3.05) is 11.6 Å². The minimum absolute atomic E-state index is 0.0424. The zero-order chi connectivity index (χ0) is 30.2. The van der Waals surface area contributed by atoms with Gasteiger partial charge in [0.15, 0.2) is 0 Å². The maximum Gasteiger partial charge on any atom is 0.326 e. The Labute approximate surface area is 259 Å². The molecule has 0 spiro atoms. The Balaban J connectivity index is 1.39. The summed E-state index contributed by atoms with van der Waals surface area (Å²) in [6, 6.07) is 36.3. The molecule has 0 aliphatic carbocycles. The van der Waals surface area contributed by atoms with Gasteiger partial charge in [0.25, 0.3) is 5.91 Å². The highest BCUT2D eigenvalue weighted by atomic mass is 35.5. The third kappa shape index (κ3) is 7.77. The highest BCUT2D eigenvalue weighted by Crippen LogP contribution is 2.35. The molecule has 0 saturated heterocycles. The van der Waals surface area contributed by atoms with Crippen LogP contribution in [0.25, 0.3) is 11.1 Å². The van der Waals surface area contributed by atoms with Crippen LogP contribution in [0.2, 0.25) is 5.02 Å². The number of rotatable bonds is 11. The van der Waals surface area contributed by atoms with Gasteiger partial charge in [-0.2, -0.15) is 0 Å². The summed E-state index contributed by atoms with van der Waals surface area (Å²) in [5.41, 5.74) is 4.05. The molecule has 6 nitrogen and oxygen atoms in total. The molecule has 0 aliphatic rings. The topological polar surface area (TPSA) is 87.7 Å². The van der Waals surface area contributed by atoms with Crippen LogP contribution in [0, 0.1) is 0 Å². The van der Waals surface area contributed by atoms with Crippen molar-refractivity contribution in [3.8, 4) is 22.6 Å². The maximum atomic E-state index is 13.5. The SMILES string of the molecule is CSc1ccc(Nc2ccc(Cl)cc2C(=O)NC(Cc2ccc(-c3ccccc3)c(Oc3ccccc3)c2)C(=O)O)cc1. The number of nitrogens with one attached hydrogen (secondary N) is 2. The molecule has 0 radical (unpaired) electrons. The van der Waals surface area contributed by atoms with Crippen LogP contribution in [0.3, 0.4) is 0 Å². The molecule has 5 aromatic carbocycles. The molecular weight excluding hydrogens is 580 g/mol. The quantitative estimate of drug-likeness (QED) is 0.130. The Kier molecular flexibility index (Phi) is 9.66. The van der Waals surface area contributed by atoms with Gasteiger partial charge in [0, 0.05) is 27.6 Å². The second-order valence-corrected chi connectivity index (χ2v) is 11.0. The number of hydrogen-bond donors (Lipinski definition) is 3. The van der Waals surface area contributed by atoms with Crippen LogP contribution in [0.5, 0.6) is 11.5 Å². The molecule has 216 valence electrons. The summed E-state index contributed by atoms with van der Waals surface area (Å²) >= 11 is 7.87. The molecule has 0 bridgehead atoms.